The molecule has 0 aliphatic carbocycles. The first-order valence-electron chi connectivity index (χ1n) is 11.2. The van der Waals surface area contributed by atoms with Crippen molar-refractivity contribution >= 4 is 28.2 Å². The zero-order valence-corrected chi connectivity index (χ0v) is 18.6. The second kappa shape index (κ2) is 8.24. The average molecular weight is 450 g/mol. The third kappa shape index (κ3) is 3.74. The van der Waals surface area contributed by atoms with Gasteiger partial charge >= 0.3 is 0 Å². The van der Waals surface area contributed by atoms with Gasteiger partial charge < -0.3 is 5.32 Å². The molecule has 8 nitrogen and oxygen atoms in total. The molecule has 4 heterocycles. The molecule has 168 valence electrons. The average Bonchev–Trinajstić information content (AvgIpc) is 3.53. The van der Waals surface area contributed by atoms with E-state index in [1.807, 2.05) is 74.2 Å². The van der Waals surface area contributed by atoms with E-state index >= 15 is 0 Å². The van der Waals surface area contributed by atoms with Gasteiger partial charge in [-0.05, 0) is 48.7 Å². The van der Waals surface area contributed by atoms with E-state index in [1.165, 1.54) is 0 Å². The number of carbonyl (C=O) groups excluding carboxylic acids is 1. The maximum Gasteiger partial charge on any atom is 0.247 e. The lowest BCUT2D eigenvalue weighted by Gasteiger charge is -2.36. The Morgan fingerprint density at radius 3 is 2.59 bits per heavy atom. The van der Waals surface area contributed by atoms with Gasteiger partial charge in [-0.2, -0.15) is 5.10 Å². The number of carbonyl (C=O) groups is 1. The highest BCUT2D eigenvalue weighted by Crippen LogP contribution is 2.26. The van der Waals surface area contributed by atoms with Gasteiger partial charge in [0.15, 0.2) is 5.82 Å². The first-order valence-corrected chi connectivity index (χ1v) is 11.2. The summed E-state index contributed by atoms with van der Waals surface area (Å²) in [5.74, 6) is 1.45. The molecule has 0 radical (unpaired) electrons. The van der Waals surface area contributed by atoms with E-state index in [0.29, 0.717) is 11.6 Å². The lowest BCUT2D eigenvalue weighted by Crippen LogP contribution is -2.51. The Labute approximate surface area is 196 Å². The summed E-state index contributed by atoms with van der Waals surface area (Å²) in [5, 5.41) is 12.2. The molecule has 0 amide bonds. The number of hydrogen-bond donors (Lipinski definition) is 2. The molecular weight excluding hydrogens is 426 g/mol. The van der Waals surface area contributed by atoms with Gasteiger partial charge in [0.2, 0.25) is 5.91 Å². The van der Waals surface area contributed by atoms with Gasteiger partial charge in [0.25, 0.3) is 0 Å². The Hall–Kier alpha value is -4.30. The summed E-state index contributed by atoms with van der Waals surface area (Å²) in [6, 6.07) is 15.9. The van der Waals surface area contributed by atoms with E-state index in [1.54, 1.807) is 17.0 Å². The fourth-order valence-electron chi connectivity index (χ4n) is 4.28. The second-order valence-corrected chi connectivity index (χ2v) is 8.59. The number of anilines is 2. The molecule has 5 aromatic rings. The number of likely N-dealkylation sites (N-methyl/N-ethyl adjacent to an activating group) is 1. The van der Waals surface area contributed by atoms with E-state index in [2.05, 4.69) is 25.4 Å². The number of likely N-dealkylation sites (tertiary alicyclic amines) is 1. The second-order valence-electron chi connectivity index (χ2n) is 8.59. The van der Waals surface area contributed by atoms with Gasteiger partial charge in [-0.3, -0.25) is 19.4 Å². The van der Waals surface area contributed by atoms with Crippen LogP contribution in [0.15, 0.2) is 79.5 Å². The molecule has 0 saturated carbocycles. The summed E-state index contributed by atoms with van der Waals surface area (Å²) >= 11 is 0. The highest BCUT2D eigenvalue weighted by Gasteiger charge is 2.31. The largest absolute Gasteiger partial charge is 0.340 e. The summed E-state index contributed by atoms with van der Waals surface area (Å²) in [6.45, 7) is 0.970. The molecule has 1 aliphatic rings. The number of nitrogens with one attached hydrogen (secondary N) is 2. The number of H-pyrrole nitrogens is 1. The SMILES string of the molecule is CN1CCC1C(=O)n1cc2ccc(-c3nccc(Nc4ccc(-c5cn[nH]c5)cc4)n3)cc2c1. The Balaban J connectivity index is 1.23. The lowest BCUT2D eigenvalue weighted by atomic mass is 10.0. The van der Waals surface area contributed by atoms with Crippen molar-refractivity contribution in [3.63, 3.8) is 0 Å². The summed E-state index contributed by atoms with van der Waals surface area (Å²) in [4.78, 5) is 24.0. The zero-order valence-electron chi connectivity index (χ0n) is 18.6. The van der Waals surface area contributed by atoms with Crippen molar-refractivity contribution in [2.24, 2.45) is 0 Å². The fourth-order valence-corrected chi connectivity index (χ4v) is 4.28. The Bertz CT molecular complexity index is 1470. The van der Waals surface area contributed by atoms with Gasteiger partial charge in [-0.1, -0.05) is 24.3 Å². The molecule has 8 heteroatoms. The van der Waals surface area contributed by atoms with Gasteiger partial charge in [-0.25, -0.2) is 9.97 Å². The third-order valence-electron chi connectivity index (χ3n) is 6.37. The number of aromatic amines is 1. The van der Waals surface area contributed by atoms with Crippen LogP contribution < -0.4 is 5.32 Å². The summed E-state index contributed by atoms with van der Waals surface area (Å²) in [5.41, 5.74) is 3.97. The number of nitrogens with zero attached hydrogens (tertiary/aromatic N) is 5. The molecule has 34 heavy (non-hydrogen) atoms. The maximum absolute atomic E-state index is 12.8. The van der Waals surface area contributed by atoms with Crippen LogP contribution in [-0.2, 0) is 0 Å². The monoisotopic (exact) mass is 449 g/mol. The number of benzene rings is 2. The molecule has 1 unspecified atom stereocenters. The molecule has 0 spiro atoms. The number of rotatable bonds is 5. The van der Waals surface area contributed by atoms with Crippen LogP contribution in [0.5, 0.6) is 0 Å². The molecule has 1 saturated heterocycles. The van der Waals surface area contributed by atoms with Crippen molar-refractivity contribution in [2.45, 2.75) is 12.5 Å². The van der Waals surface area contributed by atoms with E-state index in [4.69, 9.17) is 4.98 Å². The molecule has 3 aromatic heterocycles. The van der Waals surface area contributed by atoms with Gasteiger partial charge in [0.05, 0.1) is 12.2 Å². The van der Waals surface area contributed by atoms with Crippen LogP contribution in [0.1, 0.15) is 11.2 Å². The van der Waals surface area contributed by atoms with Gasteiger partial charge in [-0.15, -0.1) is 0 Å². The first-order chi connectivity index (χ1) is 16.6. The standard InChI is InChI=1S/C26H23N7O/c1-32-11-9-23(32)26(34)33-15-19-3-2-18(12-20(19)16-33)25-27-10-8-24(31-25)30-22-6-4-17(5-7-22)21-13-28-29-14-21/h2-8,10,12-16,23H,9,11H2,1H3,(H,28,29)(H,27,30,31). The van der Waals surface area contributed by atoms with Crippen LogP contribution in [0.3, 0.4) is 0 Å². The molecule has 2 aromatic carbocycles. The third-order valence-corrected chi connectivity index (χ3v) is 6.37. The van der Waals surface area contributed by atoms with E-state index in [9.17, 15) is 4.79 Å². The molecule has 2 N–H and O–H groups in total. The molecular formula is C26H23N7O. The predicted molar refractivity (Wildman–Crippen MR) is 132 cm³/mol. The predicted octanol–water partition coefficient (Wildman–Crippen LogP) is 4.58. The van der Waals surface area contributed by atoms with Crippen molar-refractivity contribution in [1.29, 1.82) is 0 Å². The number of hydrogen-bond acceptors (Lipinski definition) is 6. The summed E-state index contributed by atoms with van der Waals surface area (Å²) in [6.07, 6.45) is 10.1. The normalized spacial score (nSPS) is 15.9. The lowest BCUT2D eigenvalue weighted by molar-refractivity contribution is 0.0585. The molecule has 1 aliphatic heterocycles. The minimum Gasteiger partial charge on any atom is -0.340 e. The molecule has 1 atom stereocenters. The Morgan fingerprint density at radius 1 is 1.03 bits per heavy atom. The first kappa shape index (κ1) is 20.3. The molecule has 6 rings (SSSR count). The molecule has 0 bridgehead atoms. The Morgan fingerprint density at radius 2 is 1.85 bits per heavy atom. The fraction of sp³-hybridized carbons (Fsp3) is 0.154. The van der Waals surface area contributed by atoms with Crippen LogP contribution in [-0.4, -0.2) is 55.2 Å². The van der Waals surface area contributed by atoms with Gasteiger partial charge in [0.1, 0.15) is 5.82 Å². The van der Waals surface area contributed by atoms with Crippen LogP contribution in [0, 0.1) is 0 Å². The quantitative estimate of drug-likeness (QED) is 0.408. The van der Waals surface area contributed by atoms with Crippen molar-refractivity contribution in [2.75, 3.05) is 18.9 Å². The van der Waals surface area contributed by atoms with Crippen LogP contribution in [0.2, 0.25) is 0 Å². The topological polar surface area (TPSA) is 91.7 Å². The van der Waals surface area contributed by atoms with Crippen LogP contribution >= 0.6 is 0 Å². The van der Waals surface area contributed by atoms with Gasteiger partial charge in [0, 0.05) is 53.5 Å². The van der Waals surface area contributed by atoms with E-state index in [-0.39, 0.29) is 11.9 Å². The van der Waals surface area contributed by atoms with Crippen molar-refractivity contribution in [1.82, 2.24) is 29.6 Å². The van der Waals surface area contributed by atoms with Crippen LogP contribution in [0.4, 0.5) is 11.5 Å². The minimum absolute atomic E-state index is 0.0267. The maximum atomic E-state index is 12.8. The summed E-state index contributed by atoms with van der Waals surface area (Å²) < 4.78 is 1.71. The molecule has 1 fully saturated rings. The van der Waals surface area contributed by atoms with Crippen molar-refractivity contribution in [3.8, 4) is 22.5 Å². The van der Waals surface area contributed by atoms with Crippen molar-refractivity contribution < 1.29 is 4.79 Å². The van der Waals surface area contributed by atoms with E-state index in [0.717, 1.165) is 46.1 Å². The van der Waals surface area contributed by atoms with E-state index < -0.39 is 0 Å². The number of aromatic nitrogens is 5. The minimum atomic E-state index is -0.0267. The summed E-state index contributed by atoms with van der Waals surface area (Å²) in [7, 11) is 1.99. The zero-order chi connectivity index (χ0) is 23.1. The highest BCUT2D eigenvalue weighted by atomic mass is 16.2. The smallest absolute Gasteiger partial charge is 0.247 e. The van der Waals surface area contributed by atoms with Crippen LogP contribution in [0.25, 0.3) is 33.3 Å². The Kier molecular flexibility index (Phi) is 4.92. The number of fused-ring (bicyclic) bond motifs is 1. The highest BCUT2D eigenvalue weighted by molar-refractivity contribution is 5.93. The van der Waals surface area contributed by atoms with Crippen molar-refractivity contribution in [3.05, 3.63) is 79.5 Å².